The van der Waals surface area contributed by atoms with Gasteiger partial charge in [-0.25, -0.2) is 0 Å². The highest BCUT2D eigenvalue weighted by Crippen LogP contribution is 2.19. The molecule has 5 heteroatoms. The Hall–Kier alpha value is -2.82. The normalized spacial score (nSPS) is 14.2. The van der Waals surface area contributed by atoms with Gasteiger partial charge in [-0.15, -0.1) is 0 Å². The van der Waals surface area contributed by atoms with Crippen LogP contribution in [0.4, 0.5) is 0 Å². The zero-order chi connectivity index (χ0) is 19.2. The molecule has 142 valence electrons. The molecule has 0 aliphatic carbocycles. The average Bonchev–Trinajstić information content (AvgIpc) is 2.68. The molecule has 0 saturated carbocycles. The zero-order valence-electron chi connectivity index (χ0n) is 15.9. The smallest absolute Gasteiger partial charge is 0.245 e. The number of carbonyl (C=O) groups excluding carboxylic acids is 2. The first-order valence-corrected chi connectivity index (χ1v) is 9.43. The molecule has 0 radical (unpaired) electrons. The Morgan fingerprint density at radius 3 is 2.52 bits per heavy atom. The van der Waals surface area contributed by atoms with E-state index in [-0.39, 0.29) is 18.2 Å². The molecule has 1 N–H and O–H groups in total. The lowest BCUT2D eigenvalue weighted by atomic mass is 9.99. The van der Waals surface area contributed by atoms with Gasteiger partial charge in [0.05, 0.1) is 13.0 Å². The molecule has 1 heterocycles. The molecule has 1 atom stereocenters. The molecule has 0 unspecified atom stereocenters. The molecule has 0 spiro atoms. The molecule has 2 amide bonds. The summed E-state index contributed by atoms with van der Waals surface area (Å²) in [6, 6.07) is 15.1. The van der Waals surface area contributed by atoms with Gasteiger partial charge < -0.3 is 15.0 Å². The summed E-state index contributed by atoms with van der Waals surface area (Å²) in [6.07, 6.45) is 1.10. The van der Waals surface area contributed by atoms with E-state index < -0.39 is 6.04 Å². The second-order valence-corrected chi connectivity index (χ2v) is 6.82. The largest absolute Gasteiger partial charge is 0.494 e. The van der Waals surface area contributed by atoms with E-state index in [2.05, 4.69) is 17.4 Å². The first-order chi connectivity index (χ1) is 13.1. The SMILES string of the molecule is CCOc1ccc(CC(=O)N[C@@H](C)C(=O)N2CCc3ccccc3C2)cc1. The van der Waals surface area contributed by atoms with Gasteiger partial charge in [0, 0.05) is 13.1 Å². The highest BCUT2D eigenvalue weighted by atomic mass is 16.5. The molecule has 0 saturated heterocycles. The summed E-state index contributed by atoms with van der Waals surface area (Å²) in [7, 11) is 0. The van der Waals surface area contributed by atoms with E-state index in [4.69, 9.17) is 4.74 Å². The Balaban J connectivity index is 1.52. The van der Waals surface area contributed by atoms with Gasteiger partial charge in [-0.1, -0.05) is 36.4 Å². The Morgan fingerprint density at radius 2 is 1.81 bits per heavy atom. The molecule has 2 aromatic rings. The van der Waals surface area contributed by atoms with Crippen LogP contribution in [0.2, 0.25) is 0 Å². The minimum Gasteiger partial charge on any atom is -0.494 e. The van der Waals surface area contributed by atoms with Crippen LogP contribution in [0.15, 0.2) is 48.5 Å². The van der Waals surface area contributed by atoms with Crippen molar-refractivity contribution in [3.05, 3.63) is 65.2 Å². The minimum atomic E-state index is -0.537. The predicted octanol–water partition coefficient (Wildman–Crippen LogP) is 2.72. The zero-order valence-corrected chi connectivity index (χ0v) is 15.9. The number of amides is 2. The average molecular weight is 366 g/mol. The summed E-state index contributed by atoms with van der Waals surface area (Å²) in [5, 5.41) is 2.83. The second kappa shape index (κ2) is 8.71. The van der Waals surface area contributed by atoms with Crippen LogP contribution in [0, 0.1) is 0 Å². The van der Waals surface area contributed by atoms with Crippen LogP contribution in [0.25, 0.3) is 0 Å². The fraction of sp³-hybridized carbons (Fsp3) is 0.364. The van der Waals surface area contributed by atoms with Crippen LogP contribution in [0.1, 0.15) is 30.5 Å². The van der Waals surface area contributed by atoms with Crippen LogP contribution in [-0.2, 0) is 29.0 Å². The Labute approximate surface area is 160 Å². The molecule has 5 nitrogen and oxygen atoms in total. The van der Waals surface area contributed by atoms with Crippen LogP contribution in [-0.4, -0.2) is 35.9 Å². The maximum absolute atomic E-state index is 12.7. The molecular weight excluding hydrogens is 340 g/mol. The maximum atomic E-state index is 12.7. The first-order valence-electron chi connectivity index (χ1n) is 9.43. The third-order valence-electron chi connectivity index (χ3n) is 4.79. The summed E-state index contributed by atoms with van der Waals surface area (Å²) in [5.74, 6) is 0.595. The first kappa shape index (κ1) is 19.0. The van der Waals surface area contributed by atoms with Crippen LogP contribution < -0.4 is 10.1 Å². The molecule has 0 bridgehead atoms. The molecule has 1 aliphatic heterocycles. The van der Waals surface area contributed by atoms with Gasteiger partial charge in [0.25, 0.3) is 0 Å². The van der Waals surface area contributed by atoms with Gasteiger partial charge >= 0.3 is 0 Å². The van der Waals surface area contributed by atoms with Gasteiger partial charge in [0.15, 0.2) is 0 Å². The Kier molecular flexibility index (Phi) is 6.12. The number of hydrogen-bond acceptors (Lipinski definition) is 3. The van der Waals surface area contributed by atoms with Gasteiger partial charge in [-0.05, 0) is 49.1 Å². The van der Waals surface area contributed by atoms with Crippen molar-refractivity contribution < 1.29 is 14.3 Å². The molecular formula is C22H26N2O3. The van der Waals surface area contributed by atoms with E-state index >= 15 is 0 Å². The third-order valence-corrected chi connectivity index (χ3v) is 4.79. The minimum absolute atomic E-state index is 0.0375. The van der Waals surface area contributed by atoms with E-state index in [0.29, 0.717) is 19.7 Å². The molecule has 1 aliphatic rings. The van der Waals surface area contributed by atoms with Crippen molar-refractivity contribution in [2.45, 2.75) is 39.3 Å². The topological polar surface area (TPSA) is 58.6 Å². The summed E-state index contributed by atoms with van der Waals surface area (Å²) < 4.78 is 5.40. The van der Waals surface area contributed by atoms with Crippen molar-refractivity contribution in [1.82, 2.24) is 10.2 Å². The second-order valence-electron chi connectivity index (χ2n) is 6.82. The van der Waals surface area contributed by atoms with Crippen molar-refractivity contribution in [1.29, 1.82) is 0 Å². The quantitative estimate of drug-likeness (QED) is 0.855. The molecule has 0 aromatic heterocycles. The summed E-state index contributed by atoms with van der Waals surface area (Å²) in [6.45, 7) is 5.59. The monoisotopic (exact) mass is 366 g/mol. The van der Waals surface area contributed by atoms with E-state index in [0.717, 1.165) is 17.7 Å². The van der Waals surface area contributed by atoms with Crippen molar-refractivity contribution in [2.75, 3.05) is 13.2 Å². The maximum Gasteiger partial charge on any atom is 0.245 e. The van der Waals surface area contributed by atoms with Crippen LogP contribution in [0.3, 0.4) is 0 Å². The highest BCUT2D eigenvalue weighted by molar-refractivity contribution is 5.88. The molecule has 0 fully saturated rings. The Morgan fingerprint density at radius 1 is 1.11 bits per heavy atom. The lowest BCUT2D eigenvalue weighted by Crippen LogP contribution is -2.48. The van der Waals surface area contributed by atoms with E-state index in [1.54, 1.807) is 6.92 Å². The van der Waals surface area contributed by atoms with Crippen molar-refractivity contribution in [2.24, 2.45) is 0 Å². The number of fused-ring (bicyclic) bond motifs is 1. The predicted molar refractivity (Wildman–Crippen MR) is 104 cm³/mol. The summed E-state index contributed by atoms with van der Waals surface area (Å²) in [4.78, 5) is 26.8. The number of benzene rings is 2. The van der Waals surface area contributed by atoms with Crippen molar-refractivity contribution >= 4 is 11.8 Å². The van der Waals surface area contributed by atoms with Crippen LogP contribution in [0.5, 0.6) is 5.75 Å². The van der Waals surface area contributed by atoms with Gasteiger partial charge in [0.2, 0.25) is 11.8 Å². The number of rotatable bonds is 6. The van der Waals surface area contributed by atoms with E-state index in [1.165, 1.54) is 11.1 Å². The van der Waals surface area contributed by atoms with E-state index in [9.17, 15) is 9.59 Å². The van der Waals surface area contributed by atoms with Crippen molar-refractivity contribution in [3.8, 4) is 5.75 Å². The Bertz CT molecular complexity index is 801. The summed E-state index contributed by atoms with van der Waals surface area (Å²) >= 11 is 0. The van der Waals surface area contributed by atoms with Crippen molar-refractivity contribution in [3.63, 3.8) is 0 Å². The number of nitrogens with one attached hydrogen (secondary N) is 1. The van der Waals surface area contributed by atoms with Gasteiger partial charge in [0.1, 0.15) is 11.8 Å². The number of hydrogen-bond donors (Lipinski definition) is 1. The van der Waals surface area contributed by atoms with Gasteiger partial charge in [-0.3, -0.25) is 9.59 Å². The fourth-order valence-corrected chi connectivity index (χ4v) is 3.37. The standard InChI is InChI=1S/C22H26N2O3/c1-3-27-20-10-8-17(9-11-20)14-21(25)23-16(2)22(26)24-13-12-18-6-4-5-7-19(18)15-24/h4-11,16H,3,12-15H2,1-2H3,(H,23,25)/t16-/m0/s1. The van der Waals surface area contributed by atoms with Crippen LogP contribution >= 0.6 is 0 Å². The molecule has 27 heavy (non-hydrogen) atoms. The number of ether oxygens (including phenoxy) is 1. The molecule has 3 rings (SSSR count). The van der Waals surface area contributed by atoms with Gasteiger partial charge in [-0.2, -0.15) is 0 Å². The number of nitrogens with zero attached hydrogens (tertiary/aromatic N) is 1. The number of carbonyl (C=O) groups is 2. The third kappa shape index (κ3) is 4.88. The summed E-state index contributed by atoms with van der Waals surface area (Å²) in [5.41, 5.74) is 3.38. The molecule has 2 aromatic carbocycles. The lowest BCUT2D eigenvalue weighted by molar-refractivity contribution is -0.136. The lowest BCUT2D eigenvalue weighted by Gasteiger charge is -2.31. The van der Waals surface area contributed by atoms with E-state index in [1.807, 2.05) is 48.2 Å². The fourth-order valence-electron chi connectivity index (χ4n) is 3.37. The highest BCUT2D eigenvalue weighted by Gasteiger charge is 2.25.